The van der Waals surface area contributed by atoms with Crippen molar-refractivity contribution < 1.29 is 0 Å². The minimum atomic E-state index is 0.176. The Morgan fingerprint density at radius 1 is 1.47 bits per heavy atom. The summed E-state index contributed by atoms with van der Waals surface area (Å²) in [6.07, 6.45) is 3.02. The van der Waals surface area contributed by atoms with Crippen LogP contribution in [0.3, 0.4) is 0 Å². The van der Waals surface area contributed by atoms with Crippen molar-refractivity contribution in [1.29, 1.82) is 0 Å². The summed E-state index contributed by atoms with van der Waals surface area (Å²) in [6, 6.07) is 6.14. The van der Waals surface area contributed by atoms with E-state index in [1.54, 1.807) is 0 Å². The van der Waals surface area contributed by atoms with E-state index in [2.05, 4.69) is 10.8 Å². The molecule has 0 fully saturated rings. The number of hydrogen-bond acceptors (Lipinski definition) is 1. The Labute approximate surface area is 94.6 Å². The molecule has 1 unspecified atom stereocenters. The predicted octanol–water partition coefficient (Wildman–Crippen LogP) is 2.72. The number of rotatable bonds is 2. The van der Waals surface area contributed by atoms with Crippen LogP contribution in [0.5, 0.6) is 0 Å². The fourth-order valence-corrected chi connectivity index (χ4v) is 2.13. The highest BCUT2D eigenvalue weighted by Crippen LogP contribution is 2.24. The van der Waals surface area contributed by atoms with Gasteiger partial charge in [-0.2, -0.15) is 0 Å². The monoisotopic (exact) mass is 222 g/mol. The first kappa shape index (κ1) is 10.5. The average molecular weight is 223 g/mol. The lowest BCUT2D eigenvalue weighted by Crippen LogP contribution is -2.17. The molecular weight excluding hydrogens is 208 g/mol. The summed E-state index contributed by atoms with van der Waals surface area (Å²) >= 11 is 6.00. The Hall–Kier alpha value is -0.990. The van der Waals surface area contributed by atoms with Crippen LogP contribution >= 0.6 is 11.6 Å². The SMILES string of the molecule is CC(N)Cc1cn(C)c2ccc(Cl)cc12. The molecule has 0 spiro atoms. The van der Waals surface area contributed by atoms with E-state index in [0.29, 0.717) is 0 Å². The molecule has 1 atom stereocenters. The maximum atomic E-state index is 6.00. The van der Waals surface area contributed by atoms with E-state index >= 15 is 0 Å². The Balaban J connectivity index is 2.59. The van der Waals surface area contributed by atoms with Gasteiger partial charge in [0.15, 0.2) is 0 Å². The molecule has 0 aliphatic heterocycles. The highest BCUT2D eigenvalue weighted by molar-refractivity contribution is 6.31. The van der Waals surface area contributed by atoms with Crippen LogP contribution in [0.25, 0.3) is 10.9 Å². The summed E-state index contributed by atoms with van der Waals surface area (Å²) in [7, 11) is 2.04. The molecule has 0 amide bonds. The van der Waals surface area contributed by atoms with E-state index < -0.39 is 0 Å². The number of nitrogens with zero attached hydrogens (tertiary/aromatic N) is 1. The van der Waals surface area contributed by atoms with Gasteiger partial charge in [0, 0.05) is 35.2 Å². The van der Waals surface area contributed by atoms with Crippen molar-refractivity contribution in [3.8, 4) is 0 Å². The Kier molecular flexibility index (Phi) is 2.72. The van der Waals surface area contributed by atoms with Crippen LogP contribution in [0, 0.1) is 0 Å². The van der Waals surface area contributed by atoms with Gasteiger partial charge < -0.3 is 10.3 Å². The van der Waals surface area contributed by atoms with Crippen LogP contribution in [0.15, 0.2) is 24.4 Å². The highest BCUT2D eigenvalue weighted by Gasteiger charge is 2.08. The van der Waals surface area contributed by atoms with Crippen molar-refractivity contribution in [1.82, 2.24) is 4.57 Å². The second-order valence-electron chi connectivity index (χ2n) is 4.11. The van der Waals surface area contributed by atoms with Gasteiger partial charge in [0.2, 0.25) is 0 Å². The highest BCUT2D eigenvalue weighted by atomic mass is 35.5. The van der Waals surface area contributed by atoms with E-state index in [-0.39, 0.29) is 6.04 Å². The summed E-state index contributed by atoms with van der Waals surface area (Å²) in [6.45, 7) is 2.02. The van der Waals surface area contributed by atoms with Crippen LogP contribution in [-0.2, 0) is 13.5 Å². The van der Waals surface area contributed by atoms with E-state index in [9.17, 15) is 0 Å². The van der Waals surface area contributed by atoms with Crippen molar-refractivity contribution >= 4 is 22.5 Å². The van der Waals surface area contributed by atoms with Crippen LogP contribution in [0.2, 0.25) is 5.02 Å². The standard InChI is InChI=1S/C12H15ClN2/c1-8(14)5-9-7-15(2)12-4-3-10(13)6-11(9)12/h3-4,6-8H,5,14H2,1-2H3. The molecule has 0 saturated carbocycles. The normalized spacial score (nSPS) is 13.3. The second kappa shape index (κ2) is 3.87. The molecule has 15 heavy (non-hydrogen) atoms. The summed E-state index contributed by atoms with van der Waals surface area (Å²) in [5.74, 6) is 0. The predicted molar refractivity (Wildman–Crippen MR) is 65.3 cm³/mol. The number of nitrogens with two attached hydrogens (primary N) is 1. The van der Waals surface area contributed by atoms with Gasteiger partial charge in [0.05, 0.1) is 0 Å². The largest absolute Gasteiger partial charge is 0.350 e. The lowest BCUT2D eigenvalue weighted by atomic mass is 10.1. The third kappa shape index (κ3) is 2.01. The maximum absolute atomic E-state index is 6.00. The number of hydrogen-bond donors (Lipinski definition) is 1. The van der Waals surface area contributed by atoms with Gasteiger partial charge in [-0.3, -0.25) is 0 Å². The fourth-order valence-electron chi connectivity index (χ4n) is 1.96. The van der Waals surface area contributed by atoms with Crippen molar-refractivity contribution in [2.75, 3.05) is 0 Å². The van der Waals surface area contributed by atoms with Crippen molar-refractivity contribution in [3.63, 3.8) is 0 Å². The van der Waals surface area contributed by atoms with Crippen molar-refractivity contribution in [2.24, 2.45) is 12.8 Å². The summed E-state index contributed by atoms with van der Waals surface area (Å²) in [5.41, 5.74) is 8.29. The quantitative estimate of drug-likeness (QED) is 0.833. The Bertz CT molecular complexity index is 486. The second-order valence-corrected chi connectivity index (χ2v) is 4.54. The van der Waals surface area contributed by atoms with E-state index in [1.807, 2.05) is 32.2 Å². The minimum absolute atomic E-state index is 0.176. The number of aryl methyl sites for hydroxylation is 1. The van der Waals surface area contributed by atoms with Crippen LogP contribution < -0.4 is 5.73 Å². The van der Waals surface area contributed by atoms with E-state index in [0.717, 1.165) is 11.4 Å². The molecule has 2 N–H and O–H groups in total. The van der Waals surface area contributed by atoms with Gasteiger partial charge in [-0.1, -0.05) is 11.6 Å². The molecule has 1 aromatic carbocycles. The maximum Gasteiger partial charge on any atom is 0.0481 e. The van der Waals surface area contributed by atoms with Crippen molar-refractivity contribution in [2.45, 2.75) is 19.4 Å². The number of fused-ring (bicyclic) bond motifs is 1. The van der Waals surface area contributed by atoms with Gasteiger partial charge in [-0.05, 0) is 37.1 Å². The van der Waals surface area contributed by atoms with Crippen LogP contribution in [0.1, 0.15) is 12.5 Å². The summed E-state index contributed by atoms with van der Waals surface area (Å²) in [5, 5.41) is 1.99. The summed E-state index contributed by atoms with van der Waals surface area (Å²) in [4.78, 5) is 0. The lowest BCUT2D eigenvalue weighted by Gasteiger charge is -2.02. The van der Waals surface area contributed by atoms with Gasteiger partial charge in [0.25, 0.3) is 0 Å². The number of halogens is 1. The molecule has 1 heterocycles. The average Bonchev–Trinajstić information content (AvgIpc) is 2.42. The topological polar surface area (TPSA) is 30.9 Å². The van der Waals surface area contributed by atoms with Gasteiger partial charge in [-0.15, -0.1) is 0 Å². The van der Waals surface area contributed by atoms with Crippen molar-refractivity contribution in [3.05, 3.63) is 35.0 Å². The molecule has 2 nitrogen and oxygen atoms in total. The third-order valence-corrected chi connectivity index (χ3v) is 2.81. The molecule has 0 aliphatic carbocycles. The van der Waals surface area contributed by atoms with E-state index in [1.165, 1.54) is 16.5 Å². The van der Waals surface area contributed by atoms with Gasteiger partial charge in [0.1, 0.15) is 0 Å². The van der Waals surface area contributed by atoms with Crippen LogP contribution in [0.4, 0.5) is 0 Å². The minimum Gasteiger partial charge on any atom is -0.350 e. The third-order valence-electron chi connectivity index (χ3n) is 2.58. The fraction of sp³-hybridized carbons (Fsp3) is 0.333. The molecule has 2 rings (SSSR count). The zero-order chi connectivity index (χ0) is 11.0. The first-order valence-corrected chi connectivity index (χ1v) is 5.45. The zero-order valence-electron chi connectivity index (χ0n) is 9.00. The Morgan fingerprint density at radius 3 is 2.87 bits per heavy atom. The van der Waals surface area contributed by atoms with Gasteiger partial charge >= 0.3 is 0 Å². The first-order valence-electron chi connectivity index (χ1n) is 5.07. The first-order chi connectivity index (χ1) is 7.08. The Morgan fingerprint density at radius 2 is 2.20 bits per heavy atom. The summed E-state index contributed by atoms with van der Waals surface area (Å²) < 4.78 is 2.11. The molecule has 0 aliphatic rings. The lowest BCUT2D eigenvalue weighted by molar-refractivity contribution is 0.738. The number of benzene rings is 1. The van der Waals surface area contributed by atoms with Gasteiger partial charge in [-0.25, -0.2) is 0 Å². The molecule has 1 aromatic heterocycles. The smallest absolute Gasteiger partial charge is 0.0481 e. The molecule has 3 heteroatoms. The van der Waals surface area contributed by atoms with Crippen LogP contribution in [-0.4, -0.2) is 10.6 Å². The molecule has 0 radical (unpaired) electrons. The molecule has 2 aromatic rings. The van der Waals surface area contributed by atoms with E-state index in [4.69, 9.17) is 17.3 Å². The molecular formula is C12H15ClN2. The molecule has 80 valence electrons. The number of aromatic nitrogens is 1. The molecule has 0 saturated heterocycles. The molecule has 0 bridgehead atoms. The zero-order valence-corrected chi connectivity index (χ0v) is 9.75.